The maximum Gasteiger partial charge on any atom is 0.418 e. The van der Waals surface area contributed by atoms with E-state index in [1.165, 1.54) is 19.1 Å². The van der Waals surface area contributed by atoms with Gasteiger partial charge in [0.25, 0.3) is 5.91 Å². The summed E-state index contributed by atoms with van der Waals surface area (Å²) in [6.07, 6.45) is -3.00. The van der Waals surface area contributed by atoms with Gasteiger partial charge in [-0.1, -0.05) is 48.2 Å². The number of rotatable bonds is 5. The predicted molar refractivity (Wildman–Crippen MR) is 118 cm³/mol. The van der Waals surface area contributed by atoms with Crippen molar-refractivity contribution in [3.8, 4) is 5.75 Å². The molecule has 162 valence electrons. The number of amides is 2. The summed E-state index contributed by atoms with van der Waals surface area (Å²) in [7, 11) is 1.54. The summed E-state index contributed by atoms with van der Waals surface area (Å²) in [5.74, 6) is -0.606. The van der Waals surface area contributed by atoms with Gasteiger partial charge in [-0.15, -0.1) is 0 Å². The molecule has 3 rings (SSSR count). The Balaban J connectivity index is 1.78. The highest BCUT2D eigenvalue weighted by atomic mass is 32.2. The largest absolute Gasteiger partial charge is 0.497 e. The SMILES string of the molecule is COc1ccc(/C=C2\SC(=S)N(C(C)C(=O)Nc3ccccc3C(F)(F)F)C2=O)cc1. The van der Waals surface area contributed by atoms with Crippen LogP contribution in [0.15, 0.2) is 53.4 Å². The number of carbonyl (C=O) groups excluding carboxylic acids is 2. The third-order valence-electron chi connectivity index (χ3n) is 4.49. The number of hydrogen-bond donors (Lipinski definition) is 1. The van der Waals surface area contributed by atoms with Crippen molar-refractivity contribution in [1.82, 2.24) is 4.90 Å². The second kappa shape index (κ2) is 9.11. The van der Waals surface area contributed by atoms with Crippen LogP contribution in [0.4, 0.5) is 18.9 Å². The molecule has 0 bridgehead atoms. The molecule has 1 unspecified atom stereocenters. The van der Waals surface area contributed by atoms with Gasteiger partial charge in [0.2, 0.25) is 5.91 Å². The van der Waals surface area contributed by atoms with E-state index in [1.807, 2.05) is 0 Å². The Morgan fingerprint density at radius 3 is 2.45 bits per heavy atom. The Morgan fingerprint density at radius 2 is 1.84 bits per heavy atom. The zero-order valence-corrected chi connectivity index (χ0v) is 18.0. The zero-order valence-electron chi connectivity index (χ0n) is 16.4. The Hall–Kier alpha value is -2.85. The van der Waals surface area contributed by atoms with Crippen molar-refractivity contribution in [2.75, 3.05) is 12.4 Å². The van der Waals surface area contributed by atoms with Crippen LogP contribution < -0.4 is 10.1 Å². The summed E-state index contributed by atoms with van der Waals surface area (Å²) in [5.41, 5.74) is -0.621. The minimum Gasteiger partial charge on any atom is -0.497 e. The molecule has 1 aliphatic heterocycles. The molecule has 2 amide bonds. The van der Waals surface area contributed by atoms with Gasteiger partial charge in [0.05, 0.1) is 23.3 Å². The molecule has 0 aliphatic carbocycles. The summed E-state index contributed by atoms with van der Waals surface area (Å²) >= 11 is 6.27. The number of halogens is 3. The minimum absolute atomic E-state index is 0.150. The molecule has 1 fully saturated rings. The molecule has 31 heavy (non-hydrogen) atoms. The second-order valence-electron chi connectivity index (χ2n) is 6.53. The lowest BCUT2D eigenvalue weighted by Gasteiger charge is -2.23. The number of thioether (sulfide) groups is 1. The van der Waals surface area contributed by atoms with Crippen LogP contribution in [0.25, 0.3) is 6.08 Å². The van der Waals surface area contributed by atoms with Crippen molar-refractivity contribution in [3.05, 3.63) is 64.6 Å². The summed E-state index contributed by atoms with van der Waals surface area (Å²) in [6, 6.07) is 10.5. The average molecular weight is 467 g/mol. The van der Waals surface area contributed by atoms with E-state index in [9.17, 15) is 22.8 Å². The Kier molecular flexibility index (Phi) is 6.71. The molecule has 1 aliphatic rings. The van der Waals surface area contributed by atoms with Gasteiger partial charge >= 0.3 is 6.18 Å². The van der Waals surface area contributed by atoms with Crippen LogP contribution >= 0.6 is 24.0 Å². The highest BCUT2D eigenvalue weighted by Crippen LogP contribution is 2.36. The van der Waals surface area contributed by atoms with Crippen molar-refractivity contribution >= 4 is 51.9 Å². The third-order valence-corrected chi connectivity index (χ3v) is 5.82. The van der Waals surface area contributed by atoms with Gasteiger partial charge in [-0.2, -0.15) is 13.2 Å². The fraction of sp³-hybridized carbons (Fsp3) is 0.190. The number of anilines is 1. The number of methoxy groups -OCH3 is 1. The predicted octanol–water partition coefficient (Wildman–Crippen LogP) is 4.94. The molecule has 1 saturated heterocycles. The monoisotopic (exact) mass is 466 g/mol. The van der Waals surface area contributed by atoms with Crippen LogP contribution in [-0.4, -0.2) is 34.2 Å². The van der Waals surface area contributed by atoms with Crippen LogP contribution in [0.5, 0.6) is 5.75 Å². The van der Waals surface area contributed by atoms with Crippen LogP contribution in [-0.2, 0) is 15.8 Å². The number of benzene rings is 2. The number of thiocarbonyl (C=S) groups is 1. The third kappa shape index (κ3) is 5.08. The first-order valence-electron chi connectivity index (χ1n) is 9.00. The van der Waals surface area contributed by atoms with E-state index in [0.717, 1.165) is 34.4 Å². The summed E-state index contributed by atoms with van der Waals surface area (Å²) in [4.78, 5) is 26.9. The molecule has 0 saturated carbocycles. The molecule has 2 aromatic rings. The normalized spacial score (nSPS) is 16.5. The van der Waals surface area contributed by atoms with Gasteiger partial charge in [0, 0.05) is 0 Å². The molecule has 1 atom stereocenters. The fourth-order valence-electron chi connectivity index (χ4n) is 2.86. The molecule has 2 aromatic carbocycles. The fourth-order valence-corrected chi connectivity index (χ4v) is 4.28. The van der Waals surface area contributed by atoms with Crippen molar-refractivity contribution in [2.45, 2.75) is 19.1 Å². The maximum atomic E-state index is 13.2. The van der Waals surface area contributed by atoms with Gasteiger partial charge in [-0.25, -0.2) is 0 Å². The molecule has 1 heterocycles. The molecule has 0 aromatic heterocycles. The zero-order chi connectivity index (χ0) is 22.8. The molecular weight excluding hydrogens is 449 g/mol. The first-order valence-corrected chi connectivity index (χ1v) is 10.2. The highest BCUT2D eigenvalue weighted by molar-refractivity contribution is 8.26. The molecule has 0 spiro atoms. The first kappa shape index (κ1) is 22.8. The van der Waals surface area contributed by atoms with Crippen molar-refractivity contribution in [2.24, 2.45) is 0 Å². The van der Waals surface area contributed by atoms with E-state index in [-0.39, 0.29) is 10.0 Å². The first-order chi connectivity index (χ1) is 14.6. The molecule has 1 N–H and O–H groups in total. The van der Waals surface area contributed by atoms with Crippen LogP contribution in [0, 0.1) is 0 Å². The number of nitrogens with zero attached hydrogens (tertiary/aromatic N) is 1. The summed E-state index contributed by atoms with van der Waals surface area (Å²) in [5, 5.41) is 2.26. The molecule has 5 nitrogen and oxygen atoms in total. The van der Waals surface area contributed by atoms with Crippen LogP contribution in [0.2, 0.25) is 0 Å². The number of alkyl halides is 3. The van der Waals surface area contributed by atoms with Gasteiger partial charge in [-0.05, 0) is 42.8 Å². The number of carbonyl (C=O) groups is 2. The lowest BCUT2D eigenvalue weighted by atomic mass is 10.1. The number of ether oxygens (including phenoxy) is 1. The van der Waals surface area contributed by atoms with Gasteiger partial charge in [0.15, 0.2) is 0 Å². The number of hydrogen-bond acceptors (Lipinski definition) is 5. The maximum absolute atomic E-state index is 13.2. The Morgan fingerprint density at radius 1 is 1.19 bits per heavy atom. The summed E-state index contributed by atoms with van der Waals surface area (Å²) in [6.45, 7) is 1.41. The standard InChI is InChI=1S/C21H17F3N2O3S2/c1-12(18(27)25-16-6-4-3-5-15(16)21(22,23)24)26-19(28)17(31-20(26)30)11-13-7-9-14(29-2)10-8-13/h3-12H,1-2H3,(H,25,27)/b17-11-. The smallest absolute Gasteiger partial charge is 0.418 e. The quantitative estimate of drug-likeness (QED) is 0.500. The number of para-hydroxylation sites is 1. The highest BCUT2D eigenvalue weighted by Gasteiger charge is 2.39. The van der Waals surface area contributed by atoms with E-state index in [4.69, 9.17) is 17.0 Å². The van der Waals surface area contributed by atoms with E-state index >= 15 is 0 Å². The molecular formula is C21H17F3N2O3S2. The van der Waals surface area contributed by atoms with Crippen molar-refractivity contribution in [1.29, 1.82) is 0 Å². The van der Waals surface area contributed by atoms with Gasteiger partial charge in [-0.3, -0.25) is 14.5 Å². The van der Waals surface area contributed by atoms with Crippen molar-refractivity contribution in [3.63, 3.8) is 0 Å². The van der Waals surface area contributed by atoms with Crippen LogP contribution in [0.1, 0.15) is 18.1 Å². The van der Waals surface area contributed by atoms with E-state index < -0.39 is 29.6 Å². The van der Waals surface area contributed by atoms with E-state index in [1.54, 1.807) is 37.5 Å². The van der Waals surface area contributed by atoms with E-state index in [0.29, 0.717) is 10.7 Å². The summed E-state index contributed by atoms with van der Waals surface area (Å²) < 4.78 is 44.8. The average Bonchev–Trinajstić information content (AvgIpc) is 3.00. The second-order valence-corrected chi connectivity index (χ2v) is 8.21. The van der Waals surface area contributed by atoms with Gasteiger partial charge < -0.3 is 10.1 Å². The van der Waals surface area contributed by atoms with Gasteiger partial charge in [0.1, 0.15) is 16.1 Å². The molecule has 0 radical (unpaired) electrons. The lowest BCUT2D eigenvalue weighted by molar-refractivity contribution is -0.137. The molecule has 10 heteroatoms. The van der Waals surface area contributed by atoms with E-state index in [2.05, 4.69) is 5.32 Å². The van der Waals surface area contributed by atoms with Crippen molar-refractivity contribution < 1.29 is 27.5 Å². The topological polar surface area (TPSA) is 58.6 Å². The van der Waals surface area contributed by atoms with Crippen LogP contribution in [0.3, 0.4) is 0 Å². The Bertz CT molecular complexity index is 1050. The minimum atomic E-state index is -4.63. The lowest BCUT2D eigenvalue weighted by Crippen LogP contribution is -2.44. The Labute approximate surface area is 186 Å². The number of nitrogens with one attached hydrogen (secondary N) is 1.